The van der Waals surface area contributed by atoms with Crippen molar-refractivity contribution in [2.75, 3.05) is 0 Å². The van der Waals surface area contributed by atoms with E-state index in [1.165, 1.54) is 0 Å². The molecule has 0 aliphatic heterocycles. The molecule has 8 heteroatoms. The van der Waals surface area contributed by atoms with Gasteiger partial charge >= 0.3 is 12.1 Å². The minimum Gasteiger partial charge on any atom is -0.479 e. The van der Waals surface area contributed by atoms with E-state index in [4.69, 9.17) is 21.8 Å². The summed E-state index contributed by atoms with van der Waals surface area (Å²) in [5.41, 5.74) is -1.60. The number of aliphatic hydroxyl groups is 2. The summed E-state index contributed by atoms with van der Waals surface area (Å²) in [5, 5.41) is 26.7. The molecule has 100 valence electrons. The molecule has 0 radical (unpaired) electrons. The zero-order valence-electron chi connectivity index (χ0n) is 8.65. The minimum absolute atomic E-state index is 0.268. The van der Waals surface area contributed by atoms with Crippen LogP contribution in [0.15, 0.2) is 18.2 Å². The third-order valence-corrected chi connectivity index (χ3v) is 2.54. The zero-order valence-corrected chi connectivity index (χ0v) is 9.40. The van der Waals surface area contributed by atoms with Crippen molar-refractivity contribution >= 4 is 17.6 Å². The first-order valence-electron chi connectivity index (χ1n) is 4.60. The number of aliphatic hydroxyl groups excluding tert-OH is 2. The Kier molecular flexibility index (Phi) is 4.20. The standard InChI is InChI=1S/C10H8ClF3O4/c11-6-2-1-4(10(12,13)14)3-5(6)7(15)8(16)9(17)18/h1-3,7-8,15-16H,(H,17,18). The molecule has 1 aromatic rings. The molecule has 4 nitrogen and oxygen atoms in total. The molecule has 0 heterocycles. The topological polar surface area (TPSA) is 77.8 Å². The van der Waals surface area contributed by atoms with Gasteiger partial charge in [-0.05, 0) is 18.2 Å². The van der Waals surface area contributed by atoms with Gasteiger partial charge in [-0.2, -0.15) is 13.2 Å². The van der Waals surface area contributed by atoms with Crippen LogP contribution in [0.5, 0.6) is 0 Å². The van der Waals surface area contributed by atoms with Crippen molar-refractivity contribution in [3.8, 4) is 0 Å². The van der Waals surface area contributed by atoms with E-state index < -0.39 is 35.5 Å². The second-order valence-corrected chi connectivity index (χ2v) is 3.87. The average molecular weight is 285 g/mol. The summed E-state index contributed by atoms with van der Waals surface area (Å²) in [5.74, 6) is -1.77. The number of halogens is 4. The van der Waals surface area contributed by atoms with E-state index in [2.05, 4.69) is 0 Å². The van der Waals surface area contributed by atoms with E-state index in [-0.39, 0.29) is 5.02 Å². The maximum Gasteiger partial charge on any atom is 0.416 e. The van der Waals surface area contributed by atoms with Crippen LogP contribution < -0.4 is 0 Å². The first kappa shape index (κ1) is 14.7. The largest absolute Gasteiger partial charge is 0.479 e. The van der Waals surface area contributed by atoms with Crippen molar-refractivity contribution in [3.05, 3.63) is 34.3 Å². The van der Waals surface area contributed by atoms with Crippen LogP contribution in [-0.2, 0) is 11.0 Å². The van der Waals surface area contributed by atoms with E-state index >= 15 is 0 Å². The summed E-state index contributed by atoms with van der Waals surface area (Å²) in [7, 11) is 0. The molecule has 0 saturated heterocycles. The van der Waals surface area contributed by atoms with Crippen molar-refractivity contribution < 1.29 is 33.3 Å². The number of carboxylic acid groups (broad SMARTS) is 1. The molecule has 0 bridgehead atoms. The van der Waals surface area contributed by atoms with Crippen LogP contribution in [0.1, 0.15) is 17.2 Å². The minimum atomic E-state index is -4.66. The van der Waals surface area contributed by atoms with E-state index in [0.717, 1.165) is 6.07 Å². The van der Waals surface area contributed by atoms with Crippen molar-refractivity contribution in [1.82, 2.24) is 0 Å². The van der Waals surface area contributed by atoms with Gasteiger partial charge in [0.05, 0.1) is 5.56 Å². The van der Waals surface area contributed by atoms with Gasteiger partial charge in [0, 0.05) is 10.6 Å². The second kappa shape index (κ2) is 5.13. The van der Waals surface area contributed by atoms with Crippen molar-refractivity contribution in [3.63, 3.8) is 0 Å². The summed E-state index contributed by atoms with van der Waals surface area (Å²) in [6, 6.07) is 2.06. The fourth-order valence-electron chi connectivity index (χ4n) is 1.25. The Balaban J connectivity index is 3.20. The predicted molar refractivity (Wildman–Crippen MR) is 55.1 cm³/mol. The summed E-state index contributed by atoms with van der Waals surface area (Å²) >= 11 is 5.56. The van der Waals surface area contributed by atoms with Crippen molar-refractivity contribution in [2.45, 2.75) is 18.4 Å². The molecule has 1 rings (SSSR count). The quantitative estimate of drug-likeness (QED) is 0.791. The van der Waals surface area contributed by atoms with Crippen LogP contribution in [0.4, 0.5) is 13.2 Å². The second-order valence-electron chi connectivity index (χ2n) is 3.46. The number of aliphatic carboxylic acids is 1. The van der Waals surface area contributed by atoms with E-state index in [1.807, 2.05) is 0 Å². The fourth-order valence-corrected chi connectivity index (χ4v) is 1.48. The molecule has 2 atom stereocenters. The normalized spacial score (nSPS) is 15.2. The molecule has 0 saturated carbocycles. The molecule has 1 aromatic carbocycles. The van der Waals surface area contributed by atoms with Crippen LogP contribution in [0.2, 0.25) is 5.02 Å². The predicted octanol–water partition coefficient (Wildman–Crippen LogP) is 1.84. The number of rotatable bonds is 3. The van der Waals surface area contributed by atoms with Crippen molar-refractivity contribution in [2.24, 2.45) is 0 Å². The Morgan fingerprint density at radius 1 is 1.28 bits per heavy atom. The number of benzene rings is 1. The SMILES string of the molecule is O=C(O)C(O)C(O)c1cc(C(F)(F)F)ccc1Cl. The van der Waals surface area contributed by atoms with E-state index in [9.17, 15) is 23.1 Å². The molecule has 0 aliphatic carbocycles. The Labute approximate surface area is 104 Å². The monoisotopic (exact) mass is 284 g/mol. The molecule has 18 heavy (non-hydrogen) atoms. The number of alkyl halides is 3. The van der Waals surface area contributed by atoms with Crippen LogP contribution in [0, 0.1) is 0 Å². The Morgan fingerprint density at radius 2 is 1.83 bits per heavy atom. The maximum atomic E-state index is 12.4. The number of hydrogen-bond acceptors (Lipinski definition) is 3. The van der Waals surface area contributed by atoms with Crippen LogP contribution in [0.25, 0.3) is 0 Å². The maximum absolute atomic E-state index is 12.4. The van der Waals surface area contributed by atoms with Gasteiger partial charge in [0.25, 0.3) is 0 Å². The molecule has 0 aliphatic rings. The molecule has 2 unspecified atom stereocenters. The molecule has 0 amide bonds. The van der Waals surface area contributed by atoms with Gasteiger partial charge in [0.1, 0.15) is 6.10 Å². The van der Waals surface area contributed by atoms with Gasteiger partial charge in [0.2, 0.25) is 0 Å². The highest BCUT2D eigenvalue weighted by atomic mass is 35.5. The average Bonchev–Trinajstić information content (AvgIpc) is 2.26. The Hall–Kier alpha value is -1.31. The van der Waals surface area contributed by atoms with E-state index in [0.29, 0.717) is 12.1 Å². The van der Waals surface area contributed by atoms with Gasteiger partial charge in [0.15, 0.2) is 6.10 Å². The third kappa shape index (κ3) is 3.12. The Morgan fingerprint density at radius 3 is 2.28 bits per heavy atom. The number of hydrogen-bond donors (Lipinski definition) is 3. The van der Waals surface area contributed by atoms with Gasteiger partial charge in [-0.15, -0.1) is 0 Å². The van der Waals surface area contributed by atoms with Gasteiger partial charge in [-0.1, -0.05) is 11.6 Å². The summed E-state index contributed by atoms with van der Waals surface area (Å²) in [6.07, 6.45) is -8.96. The van der Waals surface area contributed by atoms with Gasteiger partial charge in [-0.3, -0.25) is 0 Å². The summed E-state index contributed by atoms with van der Waals surface area (Å²) < 4.78 is 37.3. The van der Waals surface area contributed by atoms with Crippen LogP contribution >= 0.6 is 11.6 Å². The molecule has 0 aromatic heterocycles. The molecular formula is C10H8ClF3O4. The van der Waals surface area contributed by atoms with Gasteiger partial charge in [-0.25, -0.2) is 4.79 Å². The smallest absolute Gasteiger partial charge is 0.416 e. The van der Waals surface area contributed by atoms with Crippen LogP contribution in [0.3, 0.4) is 0 Å². The molecule has 0 spiro atoms. The first-order chi connectivity index (χ1) is 8.14. The lowest BCUT2D eigenvalue weighted by atomic mass is 10.0. The number of carboxylic acids is 1. The molecule has 0 fully saturated rings. The van der Waals surface area contributed by atoms with Crippen molar-refractivity contribution in [1.29, 1.82) is 0 Å². The highest BCUT2D eigenvalue weighted by Crippen LogP contribution is 2.34. The summed E-state index contributed by atoms with van der Waals surface area (Å²) in [4.78, 5) is 10.4. The molecular weight excluding hydrogens is 277 g/mol. The zero-order chi connectivity index (χ0) is 14.1. The lowest BCUT2D eigenvalue weighted by Gasteiger charge is -2.17. The fraction of sp³-hybridized carbons (Fsp3) is 0.300. The number of carbonyl (C=O) groups is 1. The lowest BCUT2D eigenvalue weighted by Crippen LogP contribution is -2.27. The first-order valence-corrected chi connectivity index (χ1v) is 4.98. The summed E-state index contributed by atoms with van der Waals surface area (Å²) in [6.45, 7) is 0. The van der Waals surface area contributed by atoms with Crippen LogP contribution in [-0.4, -0.2) is 27.4 Å². The van der Waals surface area contributed by atoms with E-state index in [1.54, 1.807) is 0 Å². The van der Waals surface area contributed by atoms with Gasteiger partial charge < -0.3 is 15.3 Å². The Bertz CT molecular complexity index is 461. The third-order valence-electron chi connectivity index (χ3n) is 2.19. The lowest BCUT2D eigenvalue weighted by molar-refractivity contribution is -0.153. The highest BCUT2D eigenvalue weighted by Gasteiger charge is 2.33. The highest BCUT2D eigenvalue weighted by molar-refractivity contribution is 6.31. The molecule has 3 N–H and O–H groups in total.